The van der Waals surface area contributed by atoms with Crippen molar-refractivity contribution in [1.82, 2.24) is 0 Å². The van der Waals surface area contributed by atoms with Crippen LogP contribution in [0.4, 0.5) is 0 Å². The second kappa shape index (κ2) is 7.11. The molecule has 6 heteroatoms. The average Bonchev–Trinajstić information content (AvgIpc) is 2.48. The smallest absolute Gasteiger partial charge is 0.186 e. The van der Waals surface area contributed by atoms with Gasteiger partial charge in [0.05, 0.1) is 12.7 Å². The number of hydrogen-bond donors (Lipinski definition) is 4. The molecule has 2 aliphatic rings. The van der Waals surface area contributed by atoms with Crippen LogP contribution in [-0.4, -0.2) is 63.8 Å². The summed E-state index contributed by atoms with van der Waals surface area (Å²) in [5.74, 6) is 0.536. The molecule has 1 aliphatic carbocycles. The standard InChI is InChI=1S/C16H30O6/c1-9(2)16(3)6-4-5-10(7-16)21-15-14(20)13(19)12(18)11(8-17)22-15/h9-15,17-20H,4-8H2,1-3H3/t10?,11-,12-,13+,14-,15-,16?/m1/s1. The van der Waals surface area contributed by atoms with Crippen molar-refractivity contribution in [3.8, 4) is 0 Å². The van der Waals surface area contributed by atoms with E-state index in [1.807, 2.05) is 0 Å². The van der Waals surface area contributed by atoms with E-state index in [4.69, 9.17) is 9.47 Å². The minimum absolute atomic E-state index is 0.0532. The molecule has 0 aromatic carbocycles. The van der Waals surface area contributed by atoms with Crippen LogP contribution in [0.15, 0.2) is 0 Å². The number of rotatable bonds is 4. The zero-order valence-corrected chi connectivity index (χ0v) is 13.7. The van der Waals surface area contributed by atoms with Crippen LogP contribution in [-0.2, 0) is 9.47 Å². The first kappa shape index (κ1) is 18.1. The highest BCUT2D eigenvalue weighted by Crippen LogP contribution is 2.43. The summed E-state index contributed by atoms with van der Waals surface area (Å²) in [6.07, 6.45) is -2.05. The van der Waals surface area contributed by atoms with Crippen LogP contribution in [0.5, 0.6) is 0 Å². The summed E-state index contributed by atoms with van der Waals surface area (Å²) in [6.45, 7) is 6.23. The van der Waals surface area contributed by atoms with Gasteiger partial charge in [-0.1, -0.05) is 27.2 Å². The summed E-state index contributed by atoms with van der Waals surface area (Å²) in [5.41, 5.74) is 0.192. The highest BCUT2D eigenvalue weighted by atomic mass is 16.7. The lowest BCUT2D eigenvalue weighted by Crippen LogP contribution is -2.59. The molecule has 0 bridgehead atoms. The number of ether oxygens (including phenoxy) is 2. The Morgan fingerprint density at radius 2 is 1.86 bits per heavy atom. The Balaban J connectivity index is 2.00. The molecular formula is C16H30O6. The Bertz CT molecular complexity index is 361. The molecule has 1 aliphatic heterocycles. The van der Waals surface area contributed by atoms with Crippen LogP contribution < -0.4 is 0 Å². The first-order valence-electron chi connectivity index (χ1n) is 8.24. The quantitative estimate of drug-likeness (QED) is 0.599. The van der Waals surface area contributed by atoms with Crippen molar-refractivity contribution >= 4 is 0 Å². The molecule has 0 aromatic rings. The molecule has 4 N–H and O–H groups in total. The zero-order chi connectivity index (χ0) is 16.5. The highest BCUT2D eigenvalue weighted by Gasteiger charge is 2.46. The van der Waals surface area contributed by atoms with Crippen LogP contribution in [0, 0.1) is 11.3 Å². The molecule has 1 heterocycles. The minimum Gasteiger partial charge on any atom is -0.394 e. The molecular weight excluding hydrogens is 288 g/mol. The van der Waals surface area contributed by atoms with E-state index in [0.717, 1.165) is 25.7 Å². The Labute approximate surface area is 132 Å². The zero-order valence-electron chi connectivity index (χ0n) is 13.7. The number of aliphatic hydroxyl groups excluding tert-OH is 4. The number of aliphatic hydroxyl groups is 4. The third-order valence-electron chi connectivity index (χ3n) is 5.54. The predicted molar refractivity (Wildman–Crippen MR) is 80.1 cm³/mol. The Morgan fingerprint density at radius 1 is 1.18 bits per heavy atom. The van der Waals surface area contributed by atoms with E-state index in [9.17, 15) is 20.4 Å². The van der Waals surface area contributed by atoms with Gasteiger partial charge in [-0.15, -0.1) is 0 Å². The summed E-state index contributed by atoms with van der Waals surface area (Å²) in [5, 5.41) is 38.9. The van der Waals surface area contributed by atoms with Gasteiger partial charge in [-0.05, 0) is 30.6 Å². The van der Waals surface area contributed by atoms with Crippen LogP contribution in [0.2, 0.25) is 0 Å². The number of hydrogen-bond acceptors (Lipinski definition) is 6. The summed E-state index contributed by atoms with van der Waals surface area (Å²) in [4.78, 5) is 0. The first-order chi connectivity index (χ1) is 10.3. The van der Waals surface area contributed by atoms with Crippen LogP contribution >= 0.6 is 0 Å². The molecule has 6 nitrogen and oxygen atoms in total. The lowest BCUT2D eigenvalue weighted by atomic mass is 9.67. The summed E-state index contributed by atoms with van der Waals surface area (Å²) in [6, 6.07) is 0. The average molecular weight is 318 g/mol. The minimum atomic E-state index is -1.38. The fourth-order valence-corrected chi connectivity index (χ4v) is 3.47. The second-order valence-electron chi connectivity index (χ2n) is 7.36. The van der Waals surface area contributed by atoms with E-state index in [1.165, 1.54) is 0 Å². The van der Waals surface area contributed by atoms with E-state index in [0.29, 0.717) is 5.92 Å². The van der Waals surface area contributed by atoms with Gasteiger partial charge in [-0.3, -0.25) is 0 Å². The molecule has 0 radical (unpaired) electrons. The fourth-order valence-electron chi connectivity index (χ4n) is 3.47. The van der Waals surface area contributed by atoms with Crippen molar-refractivity contribution in [2.45, 2.75) is 83.3 Å². The third-order valence-corrected chi connectivity index (χ3v) is 5.54. The Kier molecular flexibility index (Phi) is 5.85. The van der Waals surface area contributed by atoms with Gasteiger partial charge in [0.2, 0.25) is 0 Å². The highest BCUT2D eigenvalue weighted by molar-refractivity contribution is 4.91. The Hall–Kier alpha value is -0.240. The maximum atomic E-state index is 10.0. The lowest BCUT2D eigenvalue weighted by Gasteiger charge is -2.45. The molecule has 1 saturated heterocycles. The maximum absolute atomic E-state index is 10.0. The summed E-state index contributed by atoms with van der Waals surface area (Å²) < 4.78 is 11.3. The van der Waals surface area contributed by atoms with E-state index in [-0.39, 0.29) is 11.5 Å². The van der Waals surface area contributed by atoms with Crippen LogP contribution in [0.3, 0.4) is 0 Å². The van der Waals surface area contributed by atoms with Gasteiger partial charge in [0.25, 0.3) is 0 Å². The fraction of sp³-hybridized carbons (Fsp3) is 1.00. The van der Waals surface area contributed by atoms with Crippen molar-refractivity contribution < 1.29 is 29.9 Å². The van der Waals surface area contributed by atoms with Crippen molar-refractivity contribution in [1.29, 1.82) is 0 Å². The summed E-state index contributed by atoms with van der Waals surface area (Å²) in [7, 11) is 0. The largest absolute Gasteiger partial charge is 0.394 e. The van der Waals surface area contributed by atoms with E-state index < -0.39 is 37.3 Å². The van der Waals surface area contributed by atoms with Gasteiger partial charge < -0.3 is 29.9 Å². The first-order valence-corrected chi connectivity index (χ1v) is 8.24. The molecule has 2 unspecified atom stereocenters. The van der Waals surface area contributed by atoms with Gasteiger partial charge in [-0.25, -0.2) is 0 Å². The van der Waals surface area contributed by atoms with Gasteiger partial charge >= 0.3 is 0 Å². The van der Waals surface area contributed by atoms with E-state index in [2.05, 4.69) is 20.8 Å². The van der Waals surface area contributed by atoms with Gasteiger partial charge in [0.15, 0.2) is 6.29 Å². The van der Waals surface area contributed by atoms with Gasteiger partial charge in [0, 0.05) is 0 Å². The van der Waals surface area contributed by atoms with Gasteiger partial charge in [-0.2, -0.15) is 0 Å². The molecule has 0 aromatic heterocycles. The molecule has 0 amide bonds. The van der Waals surface area contributed by atoms with E-state index in [1.54, 1.807) is 0 Å². The summed E-state index contributed by atoms with van der Waals surface area (Å²) >= 11 is 0. The maximum Gasteiger partial charge on any atom is 0.186 e. The molecule has 130 valence electrons. The molecule has 2 rings (SSSR count). The Morgan fingerprint density at radius 3 is 2.45 bits per heavy atom. The lowest BCUT2D eigenvalue weighted by molar-refractivity contribution is -0.315. The van der Waals surface area contributed by atoms with Crippen LogP contribution in [0.25, 0.3) is 0 Å². The third kappa shape index (κ3) is 3.63. The second-order valence-corrected chi connectivity index (χ2v) is 7.36. The molecule has 0 spiro atoms. The van der Waals surface area contributed by atoms with Crippen molar-refractivity contribution in [2.24, 2.45) is 11.3 Å². The molecule has 1 saturated carbocycles. The van der Waals surface area contributed by atoms with E-state index >= 15 is 0 Å². The van der Waals surface area contributed by atoms with Crippen molar-refractivity contribution in [3.05, 3.63) is 0 Å². The SMILES string of the molecule is CC(C)C1(C)CCCC(O[C@@H]2O[C@H](CO)[C@@H](O)[C@H](O)[C@H]2O)C1. The van der Waals surface area contributed by atoms with Gasteiger partial charge in [0.1, 0.15) is 24.4 Å². The monoisotopic (exact) mass is 318 g/mol. The predicted octanol–water partition coefficient (Wildman–Crippen LogP) is 0.408. The van der Waals surface area contributed by atoms with Crippen molar-refractivity contribution in [3.63, 3.8) is 0 Å². The normalized spacial score (nSPS) is 46.9. The van der Waals surface area contributed by atoms with Crippen molar-refractivity contribution in [2.75, 3.05) is 6.61 Å². The molecule has 2 fully saturated rings. The molecule has 22 heavy (non-hydrogen) atoms. The van der Waals surface area contributed by atoms with Crippen LogP contribution in [0.1, 0.15) is 46.5 Å². The topological polar surface area (TPSA) is 99.4 Å². The molecule has 7 atom stereocenters.